The van der Waals surface area contributed by atoms with E-state index in [4.69, 9.17) is 4.74 Å². The van der Waals surface area contributed by atoms with E-state index in [0.717, 1.165) is 43.9 Å². The molecule has 1 aromatic rings. The zero-order valence-electron chi connectivity index (χ0n) is 19.5. The summed E-state index contributed by atoms with van der Waals surface area (Å²) in [5.41, 5.74) is 1.06. The number of hydrogen-bond acceptors (Lipinski definition) is 6. The van der Waals surface area contributed by atoms with Gasteiger partial charge in [-0.05, 0) is 56.4 Å². The van der Waals surface area contributed by atoms with Crippen molar-refractivity contribution in [3.05, 3.63) is 18.0 Å². The van der Waals surface area contributed by atoms with Crippen LogP contribution in [0.15, 0.2) is 12.4 Å². The Kier molecular flexibility index (Phi) is 10.2. The molecule has 2 fully saturated rings. The van der Waals surface area contributed by atoms with E-state index in [2.05, 4.69) is 37.5 Å². The van der Waals surface area contributed by atoms with Gasteiger partial charge in [-0.15, -0.1) is 0 Å². The van der Waals surface area contributed by atoms with E-state index in [9.17, 15) is 21.6 Å². The second kappa shape index (κ2) is 12.5. The molecule has 7 nitrogen and oxygen atoms in total. The van der Waals surface area contributed by atoms with Gasteiger partial charge in [0.05, 0.1) is 18.8 Å². The molecular formula is C22H34F3IN4O3S. The Morgan fingerprint density at radius 3 is 2.26 bits per heavy atom. The SMILES string of the molecule is Cc1cnc(N2CCC(C[C@@H](I)COCC3CCN(S(=O)(=O)CCC(F)(F)F)CC3)CC2)nc1. The minimum absolute atomic E-state index is 0.246. The van der Waals surface area contributed by atoms with Crippen LogP contribution in [-0.4, -0.2) is 77.9 Å². The molecule has 12 heteroatoms. The molecule has 2 saturated heterocycles. The molecule has 0 aromatic carbocycles. The molecule has 0 spiro atoms. The first-order valence-corrected chi connectivity index (χ1v) is 14.7. The first-order valence-electron chi connectivity index (χ1n) is 11.8. The van der Waals surface area contributed by atoms with Crippen molar-refractivity contribution in [2.24, 2.45) is 11.8 Å². The number of sulfonamides is 1. The molecule has 2 aliphatic rings. The number of hydrogen-bond donors (Lipinski definition) is 0. The number of aromatic nitrogens is 2. The van der Waals surface area contributed by atoms with Gasteiger partial charge in [0.1, 0.15) is 0 Å². The minimum Gasteiger partial charge on any atom is -0.380 e. The van der Waals surface area contributed by atoms with Crippen molar-refractivity contribution in [1.82, 2.24) is 14.3 Å². The number of rotatable bonds is 10. The Balaban J connectivity index is 1.29. The molecule has 0 unspecified atom stereocenters. The Labute approximate surface area is 214 Å². The normalized spacial score (nSPS) is 20.6. The van der Waals surface area contributed by atoms with Crippen LogP contribution >= 0.6 is 22.6 Å². The molecule has 3 heterocycles. The lowest BCUT2D eigenvalue weighted by Gasteiger charge is -2.33. The third-order valence-corrected chi connectivity index (χ3v) is 9.26. The average molecular weight is 619 g/mol. The van der Waals surface area contributed by atoms with Gasteiger partial charge in [0.2, 0.25) is 16.0 Å². The van der Waals surface area contributed by atoms with Crippen LogP contribution in [0.25, 0.3) is 0 Å². The van der Waals surface area contributed by atoms with E-state index in [-0.39, 0.29) is 19.0 Å². The fourth-order valence-electron chi connectivity index (χ4n) is 4.44. The molecule has 3 rings (SSSR count). The van der Waals surface area contributed by atoms with Crippen LogP contribution in [0.2, 0.25) is 0 Å². The van der Waals surface area contributed by atoms with Crippen LogP contribution in [-0.2, 0) is 14.8 Å². The Hall–Kier alpha value is -0.730. The monoisotopic (exact) mass is 618 g/mol. The second-order valence-electron chi connectivity index (χ2n) is 9.38. The van der Waals surface area contributed by atoms with Crippen molar-refractivity contribution in [3.63, 3.8) is 0 Å². The van der Waals surface area contributed by atoms with Crippen LogP contribution in [0, 0.1) is 18.8 Å². The predicted molar refractivity (Wildman–Crippen MR) is 134 cm³/mol. The predicted octanol–water partition coefficient (Wildman–Crippen LogP) is 4.21. The van der Waals surface area contributed by atoms with Crippen molar-refractivity contribution in [2.75, 3.05) is 50.0 Å². The zero-order chi connectivity index (χ0) is 24.8. The van der Waals surface area contributed by atoms with E-state index >= 15 is 0 Å². The van der Waals surface area contributed by atoms with E-state index in [1.807, 2.05) is 19.3 Å². The Morgan fingerprint density at radius 1 is 1.09 bits per heavy atom. The summed E-state index contributed by atoms with van der Waals surface area (Å²) in [5, 5.41) is 0. The van der Waals surface area contributed by atoms with E-state index < -0.39 is 28.4 Å². The van der Waals surface area contributed by atoms with Gasteiger partial charge in [-0.2, -0.15) is 13.2 Å². The summed E-state index contributed by atoms with van der Waals surface area (Å²) in [4.78, 5) is 11.1. The molecule has 34 heavy (non-hydrogen) atoms. The summed E-state index contributed by atoms with van der Waals surface area (Å²) in [6, 6.07) is 0. The number of halogens is 4. The summed E-state index contributed by atoms with van der Waals surface area (Å²) in [6.45, 7) is 5.67. The highest BCUT2D eigenvalue weighted by atomic mass is 127. The van der Waals surface area contributed by atoms with Crippen LogP contribution in [0.5, 0.6) is 0 Å². The van der Waals surface area contributed by atoms with Crippen LogP contribution in [0.1, 0.15) is 44.1 Å². The van der Waals surface area contributed by atoms with E-state index in [1.165, 1.54) is 4.31 Å². The Bertz CT molecular complexity index is 857. The number of aryl methyl sites for hydroxylation is 1. The van der Waals surface area contributed by atoms with E-state index in [1.54, 1.807) is 0 Å². The fraction of sp³-hybridized carbons (Fsp3) is 0.818. The maximum Gasteiger partial charge on any atom is 0.390 e. The van der Waals surface area contributed by atoms with Crippen LogP contribution < -0.4 is 4.90 Å². The van der Waals surface area contributed by atoms with Gasteiger partial charge < -0.3 is 9.64 Å². The van der Waals surface area contributed by atoms with E-state index in [0.29, 0.717) is 35.9 Å². The van der Waals surface area contributed by atoms with Gasteiger partial charge in [0, 0.05) is 49.1 Å². The van der Waals surface area contributed by atoms with Gasteiger partial charge in [-0.3, -0.25) is 0 Å². The average Bonchev–Trinajstić information content (AvgIpc) is 2.79. The topological polar surface area (TPSA) is 75.6 Å². The number of anilines is 1. The van der Waals surface area contributed by atoms with Crippen molar-refractivity contribution < 1.29 is 26.3 Å². The fourth-order valence-corrected chi connectivity index (χ4v) is 6.93. The van der Waals surface area contributed by atoms with Gasteiger partial charge >= 0.3 is 6.18 Å². The molecule has 1 aromatic heterocycles. The second-order valence-corrected chi connectivity index (χ2v) is 13.2. The molecule has 0 radical (unpaired) electrons. The van der Waals surface area contributed by atoms with Gasteiger partial charge in [0.15, 0.2) is 0 Å². The third kappa shape index (κ3) is 9.05. The zero-order valence-corrected chi connectivity index (χ0v) is 22.5. The molecule has 0 saturated carbocycles. The van der Waals surface area contributed by atoms with Gasteiger partial charge in [0.25, 0.3) is 0 Å². The maximum absolute atomic E-state index is 12.4. The smallest absolute Gasteiger partial charge is 0.380 e. The molecular weight excluding hydrogens is 584 g/mol. The molecule has 0 aliphatic carbocycles. The standard InChI is InChI=1S/C22H34F3IN4O3S/c1-17-13-27-21(28-14-17)29-7-2-18(3-8-29)12-20(26)16-33-15-19-4-9-30(10-5-19)34(31,32)11-6-22(23,24)25/h13-14,18-20H,2-12,15-16H2,1H3/t20-/m1/s1. The maximum atomic E-state index is 12.4. The van der Waals surface area contributed by atoms with Crippen molar-refractivity contribution >= 4 is 38.6 Å². The number of alkyl halides is 4. The highest BCUT2D eigenvalue weighted by Gasteiger charge is 2.34. The first-order chi connectivity index (χ1) is 16.0. The lowest BCUT2D eigenvalue weighted by Crippen LogP contribution is -2.41. The number of ether oxygens (including phenoxy) is 1. The third-order valence-electron chi connectivity index (χ3n) is 6.52. The molecule has 1 atom stereocenters. The number of piperidine rings is 2. The van der Waals surface area contributed by atoms with Crippen LogP contribution in [0.4, 0.5) is 19.1 Å². The first kappa shape index (κ1) is 27.9. The molecule has 0 bridgehead atoms. The van der Waals surface area contributed by atoms with Crippen LogP contribution in [0.3, 0.4) is 0 Å². The highest BCUT2D eigenvalue weighted by Crippen LogP contribution is 2.28. The molecule has 0 amide bonds. The highest BCUT2D eigenvalue weighted by molar-refractivity contribution is 14.1. The molecule has 194 valence electrons. The summed E-state index contributed by atoms with van der Waals surface area (Å²) >= 11 is 2.44. The van der Waals surface area contributed by atoms with Crippen molar-refractivity contribution in [1.29, 1.82) is 0 Å². The van der Waals surface area contributed by atoms with Crippen molar-refractivity contribution in [2.45, 2.75) is 55.5 Å². The van der Waals surface area contributed by atoms with Gasteiger partial charge in [-0.1, -0.05) is 22.6 Å². The minimum atomic E-state index is -4.46. The largest absolute Gasteiger partial charge is 0.390 e. The Morgan fingerprint density at radius 2 is 1.68 bits per heavy atom. The summed E-state index contributed by atoms with van der Waals surface area (Å²) in [7, 11) is -3.85. The lowest BCUT2D eigenvalue weighted by molar-refractivity contribution is -0.130. The summed E-state index contributed by atoms with van der Waals surface area (Å²) in [5.74, 6) is 0.830. The molecule has 2 aliphatic heterocycles. The van der Waals surface area contributed by atoms with Gasteiger partial charge in [-0.25, -0.2) is 22.7 Å². The molecule has 0 N–H and O–H groups in total. The van der Waals surface area contributed by atoms with Crippen molar-refractivity contribution in [3.8, 4) is 0 Å². The number of nitrogens with zero attached hydrogens (tertiary/aromatic N) is 4. The lowest BCUT2D eigenvalue weighted by atomic mass is 9.92. The summed E-state index contributed by atoms with van der Waals surface area (Å²) < 4.78 is 68.9. The summed E-state index contributed by atoms with van der Waals surface area (Å²) in [6.07, 6.45) is 2.51. The quantitative estimate of drug-likeness (QED) is 0.289.